The van der Waals surface area contributed by atoms with E-state index in [9.17, 15) is 0 Å². The van der Waals surface area contributed by atoms with Crippen molar-refractivity contribution in [2.24, 2.45) is 0 Å². The first-order valence-corrected chi connectivity index (χ1v) is 9.09. The highest BCUT2D eigenvalue weighted by molar-refractivity contribution is 6.59. The molecule has 0 aromatic heterocycles. The molecular formula is C16H25OSi. The smallest absolute Gasteiger partial charge is 0.119 e. The summed E-state index contributed by atoms with van der Waals surface area (Å²) < 4.78 is 5.95. The van der Waals surface area contributed by atoms with Crippen LogP contribution in [0.2, 0.25) is 18.1 Å². The SMILES string of the molecule is CC=CCc1cccc(OCC(C)(C)[Si](C)C)c1. The van der Waals surface area contributed by atoms with Gasteiger partial charge in [-0.15, -0.1) is 0 Å². The monoisotopic (exact) mass is 261 g/mol. The molecule has 0 spiro atoms. The Labute approximate surface area is 113 Å². The Bertz CT molecular complexity index is 394. The van der Waals surface area contributed by atoms with E-state index in [4.69, 9.17) is 4.74 Å². The van der Waals surface area contributed by atoms with E-state index in [0.717, 1.165) is 18.8 Å². The molecule has 99 valence electrons. The quantitative estimate of drug-likeness (QED) is 0.532. The first-order chi connectivity index (χ1) is 8.45. The van der Waals surface area contributed by atoms with Gasteiger partial charge in [-0.1, -0.05) is 51.2 Å². The van der Waals surface area contributed by atoms with Gasteiger partial charge in [-0.05, 0) is 36.1 Å². The lowest BCUT2D eigenvalue weighted by Crippen LogP contribution is -2.27. The van der Waals surface area contributed by atoms with Crippen LogP contribution in [0.1, 0.15) is 26.3 Å². The second-order valence-electron chi connectivity index (χ2n) is 5.59. The molecule has 0 heterocycles. The molecule has 1 aromatic carbocycles. The van der Waals surface area contributed by atoms with Gasteiger partial charge < -0.3 is 4.74 Å². The van der Waals surface area contributed by atoms with Crippen molar-refractivity contribution < 1.29 is 4.74 Å². The molecule has 0 amide bonds. The number of hydrogen-bond donors (Lipinski definition) is 0. The summed E-state index contributed by atoms with van der Waals surface area (Å²) in [4.78, 5) is 0. The molecule has 0 N–H and O–H groups in total. The van der Waals surface area contributed by atoms with Crippen molar-refractivity contribution in [3.05, 3.63) is 42.0 Å². The first kappa shape index (κ1) is 15.0. The zero-order valence-corrected chi connectivity index (χ0v) is 13.3. The lowest BCUT2D eigenvalue weighted by Gasteiger charge is -2.27. The maximum atomic E-state index is 5.95. The fourth-order valence-corrected chi connectivity index (χ4v) is 1.79. The number of hydrogen-bond acceptors (Lipinski definition) is 1. The molecule has 1 aromatic rings. The van der Waals surface area contributed by atoms with Crippen LogP contribution in [-0.2, 0) is 6.42 Å². The molecule has 0 aliphatic rings. The first-order valence-electron chi connectivity index (χ1n) is 6.59. The fourth-order valence-electron chi connectivity index (χ4n) is 1.42. The van der Waals surface area contributed by atoms with Gasteiger partial charge in [0.25, 0.3) is 0 Å². The summed E-state index contributed by atoms with van der Waals surface area (Å²) >= 11 is 0. The molecule has 0 atom stereocenters. The molecule has 0 aliphatic carbocycles. The molecule has 0 saturated heterocycles. The van der Waals surface area contributed by atoms with E-state index in [0.29, 0.717) is 5.04 Å². The highest BCUT2D eigenvalue weighted by atomic mass is 28.3. The number of allylic oxidation sites excluding steroid dienone is 2. The van der Waals surface area contributed by atoms with Crippen molar-refractivity contribution in [3.63, 3.8) is 0 Å². The summed E-state index contributed by atoms with van der Waals surface area (Å²) in [6.45, 7) is 12.1. The molecule has 18 heavy (non-hydrogen) atoms. The molecule has 0 fully saturated rings. The summed E-state index contributed by atoms with van der Waals surface area (Å²) in [7, 11) is -0.340. The summed E-state index contributed by atoms with van der Waals surface area (Å²) in [6, 6.07) is 8.42. The van der Waals surface area contributed by atoms with Crippen LogP contribution in [0.4, 0.5) is 0 Å². The minimum atomic E-state index is -0.340. The van der Waals surface area contributed by atoms with Crippen molar-refractivity contribution in [2.75, 3.05) is 6.61 Å². The molecule has 0 aliphatic heterocycles. The van der Waals surface area contributed by atoms with E-state index in [-0.39, 0.29) is 8.80 Å². The van der Waals surface area contributed by atoms with Gasteiger partial charge in [0, 0.05) is 0 Å². The Hall–Kier alpha value is -1.02. The number of benzene rings is 1. The van der Waals surface area contributed by atoms with E-state index in [2.05, 4.69) is 64.2 Å². The molecule has 0 saturated carbocycles. The fraction of sp³-hybridized carbons (Fsp3) is 0.500. The van der Waals surface area contributed by atoms with Crippen LogP contribution in [0.15, 0.2) is 36.4 Å². The van der Waals surface area contributed by atoms with E-state index in [1.165, 1.54) is 5.56 Å². The van der Waals surface area contributed by atoms with Crippen LogP contribution in [-0.4, -0.2) is 15.4 Å². The Kier molecular flexibility index (Phi) is 5.67. The standard InChI is InChI=1S/C16H25OSi/c1-6-7-9-14-10-8-11-15(12-14)17-13-16(2,3)18(4)5/h6-8,10-12H,9,13H2,1-5H3. The molecule has 1 radical (unpaired) electrons. The third-order valence-electron chi connectivity index (χ3n) is 3.44. The van der Waals surface area contributed by atoms with Crippen molar-refractivity contribution in [1.29, 1.82) is 0 Å². The third-order valence-corrected chi connectivity index (χ3v) is 6.29. The van der Waals surface area contributed by atoms with Crippen LogP contribution in [0.3, 0.4) is 0 Å². The molecule has 0 unspecified atom stereocenters. The maximum Gasteiger partial charge on any atom is 0.119 e. The van der Waals surface area contributed by atoms with Crippen molar-refractivity contribution in [2.45, 2.75) is 45.3 Å². The van der Waals surface area contributed by atoms with Crippen LogP contribution in [0.25, 0.3) is 0 Å². The van der Waals surface area contributed by atoms with Crippen molar-refractivity contribution in [3.8, 4) is 5.75 Å². The summed E-state index contributed by atoms with van der Waals surface area (Å²) in [5.41, 5.74) is 1.31. The zero-order chi connectivity index (χ0) is 13.6. The molecular weight excluding hydrogens is 236 g/mol. The second kappa shape index (κ2) is 6.79. The highest BCUT2D eigenvalue weighted by Crippen LogP contribution is 2.29. The summed E-state index contributed by atoms with van der Waals surface area (Å²) in [5.74, 6) is 0.994. The lowest BCUT2D eigenvalue weighted by atomic mass is 10.1. The van der Waals surface area contributed by atoms with E-state index >= 15 is 0 Å². The van der Waals surface area contributed by atoms with Gasteiger partial charge in [0.1, 0.15) is 5.75 Å². The van der Waals surface area contributed by atoms with Gasteiger partial charge in [0.15, 0.2) is 0 Å². The molecule has 2 heteroatoms. The van der Waals surface area contributed by atoms with Gasteiger partial charge in [0.2, 0.25) is 0 Å². The van der Waals surface area contributed by atoms with Crippen LogP contribution in [0, 0.1) is 0 Å². The van der Waals surface area contributed by atoms with Gasteiger partial charge in [-0.2, -0.15) is 0 Å². The Morgan fingerprint density at radius 1 is 1.28 bits per heavy atom. The number of ether oxygens (including phenoxy) is 1. The zero-order valence-electron chi connectivity index (χ0n) is 12.3. The Morgan fingerprint density at radius 3 is 2.61 bits per heavy atom. The van der Waals surface area contributed by atoms with Gasteiger partial charge in [-0.3, -0.25) is 0 Å². The van der Waals surface area contributed by atoms with E-state index in [1.807, 2.05) is 6.07 Å². The lowest BCUT2D eigenvalue weighted by molar-refractivity contribution is 0.276. The maximum absolute atomic E-state index is 5.95. The van der Waals surface area contributed by atoms with Gasteiger partial charge >= 0.3 is 0 Å². The average molecular weight is 261 g/mol. The Balaban J connectivity index is 2.62. The van der Waals surface area contributed by atoms with Gasteiger partial charge in [0.05, 0.1) is 15.4 Å². The van der Waals surface area contributed by atoms with Crippen molar-refractivity contribution >= 4 is 8.80 Å². The van der Waals surface area contributed by atoms with E-state index < -0.39 is 0 Å². The normalized spacial score (nSPS) is 12.3. The topological polar surface area (TPSA) is 9.23 Å². The van der Waals surface area contributed by atoms with Gasteiger partial charge in [-0.25, -0.2) is 0 Å². The highest BCUT2D eigenvalue weighted by Gasteiger charge is 2.24. The third kappa shape index (κ3) is 4.69. The molecule has 1 rings (SSSR count). The second-order valence-corrected chi connectivity index (χ2v) is 8.95. The predicted molar refractivity (Wildman–Crippen MR) is 82.0 cm³/mol. The van der Waals surface area contributed by atoms with E-state index in [1.54, 1.807) is 0 Å². The predicted octanol–water partition coefficient (Wildman–Crippen LogP) is 4.72. The molecule has 1 nitrogen and oxygen atoms in total. The minimum Gasteiger partial charge on any atom is -0.493 e. The summed E-state index contributed by atoms with van der Waals surface area (Å²) in [5, 5.41) is 0.310. The van der Waals surface area contributed by atoms with Crippen LogP contribution < -0.4 is 4.74 Å². The number of rotatable bonds is 6. The van der Waals surface area contributed by atoms with Crippen molar-refractivity contribution in [1.82, 2.24) is 0 Å². The average Bonchev–Trinajstić information content (AvgIpc) is 2.34. The van der Waals surface area contributed by atoms with Crippen LogP contribution in [0.5, 0.6) is 5.75 Å². The minimum absolute atomic E-state index is 0.310. The molecule has 0 bridgehead atoms. The largest absolute Gasteiger partial charge is 0.493 e. The Morgan fingerprint density at radius 2 is 2.00 bits per heavy atom. The van der Waals surface area contributed by atoms with Crippen LogP contribution >= 0.6 is 0 Å². The summed E-state index contributed by atoms with van der Waals surface area (Å²) in [6.07, 6.45) is 5.23.